The molecule has 0 aromatic heterocycles. The van der Waals surface area contributed by atoms with Crippen molar-refractivity contribution in [3.8, 4) is 44.5 Å². The van der Waals surface area contributed by atoms with Crippen LogP contribution in [0, 0.1) is 11.6 Å². The predicted octanol–water partition coefficient (Wildman–Crippen LogP) is 13.2. The zero-order valence-electron chi connectivity index (χ0n) is 25.9. The van der Waals surface area contributed by atoms with Crippen LogP contribution in [0.15, 0.2) is 170 Å². The largest absolute Gasteiger partial charge is 0.206 e. The first-order valence-corrected chi connectivity index (χ1v) is 16.1. The van der Waals surface area contributed by atoms with Gasteiger partial charge >= 0.3 is 0 Å². The molecule has 48 heavy (non-hydrogen) atoms. The fourth-order valence-electron chi connectivity index (χ4n) is 7.34. The lowest BCUT2D eigenvalue weighted by Gasteiger charge is -2.20. The Balaban J connectivity index is 1.43. The molecule has 9 rings (SSSR count). The highest BCUT2D eigenvalue weighted by molar-refractivity contribution is 6.22. The molecule has 0 atom stereocenters. The highest BCUT2D eigenvalue weighted by Crippen LogP contribution is 2.47. The molecule has 0 aliphatic rings. The van der Waals surface area contributed by atoms with Crippen LogP contribution in [-0.2, 0) is 0 Å². The first-order chi connectivity index (χ1) is 23.6. The first-order valence-electron chi connectivity index (χ1n) is 16.1. The van der Waals surface area contributed by atoms with Gasteiger partial charge in [0.1, 0.15) is 11.6 Å². The molecule has 0 fully saturated rings. The van der Waals surface area contributed by atoms with Gasteiger partial charge in [0, 0.05) is 22.3 Å². The Labute approximate surface area is 277 Å². The van der Waals surface area contributed by atoms with E-state index in [9.17, 15) is 0 Å². The minimum absolute atomic E-state index is 0.289. The normalized spacial score (nSPS) is 11.5. The third-order valence-corrected chi connectivity index (χ3v) is 9.56. The quantitative estimate of drug-likeness (QED) is 0.172. The van der Waals surface area contributed by atoms with Gasteiger partial charge in [0.25, 0.3) is 0 Å². The summed E-state index contributed by atoms with van der Waals surface area (Å²) in [6.07, 6.45) is 0. The number of hydrogen-bond acceptors (Lipinski definition) is 0. The molecule has 0 radical (unpaired) electrons. The molecule has 9 aromatic carbocycles. The smallest absolute Gasteiger partial charge is 0.131 e. The third kappa shape index (κ3) is 4.57. The summed E-state index contributed by atoms with van der Waals surface area (Å²) in [5, 5.41) is 7.10. The van der Waals surface area contributed by atoms with Crippen LogP contribution in [0.1, 0.15) is 0 Å². The minimum Gasteiger partial charge on any atom is -0.206 e. The van der Waals surface area contributed by atoms with E-state index in [1.54, 1.807) is 12.1 Å². The molecule has 0 unspecified atom stereocenters. The van der Waals surface area contributed by atoms with Gasteiger partial charge < -0.3 is 0 Å². The SMILES string of the molecule is Fc1cc2ccccc2cc1-c1c2ccccc2c(-c2cc3ccccc3cc2F)c2cc(-c3ccccc3-c3ccccc3)ccc12. The molecule has 0 saturated carbocycles. The van der Waals surface area contributed by atoms with E-state index in [1.807, 2.05) is 109 Å². The van der Waals surface area contributed by atoms with Gasteiger partial charge in [-0.25, -0.2) is 8.78 Å². The Morgan fingerprint density at radius 3 is 1.25 bits per heavy atom. The Morgan fingerprint density at radius 2 is 0.688 bits per heavy atom. The molecule has 0 saturated heterocycles. The molecule has 2 heteroatoms. The zero-order valence-corrected chi connectivity index (χ0v) is 25.9. The number of halogens is 2. The fraction of sp³-hybridized carbons (Fsp3) is 0. The van der Waals surface area contributed by atoms with Crippen molar-refractivity contribution >= 4 is 43.1 Å². The molecule has 0 amide bonds. The van der Waals surface area contributed by atoms with E-state index in [0.717, 1.165) is 76.5 Å². The van der Waals surface area contributed by atoms with Crippen molar-refractivity contribution < 1.29 is 8.78 Å². The monoisotopic (exact) mass is 618 g/mol. The van der Waals surface area contributed by atoms with Crippen LogP contribution in [0.4, 0.5) is 8.78 Å². The van der Waals surface area contributed by atoms with Crippen LogP contribution in [-0.4, -0.2) is 0 Å². The van der Waals surface area contributed by atoms with E-state index in [-0.39, 0.29) is 11.6 Å². The highest BCUT2D eigenvalue weighted by Gasteiger charge is 2.22. The van der Waals surface area contributed by atoms with Gasteiger partial charge in [-0.05, 0) is 95.7 Å². The van der Waals surface area contributed by atoms with Gasteiger partial charge in [0.2, 0.25) is 0 Å². The number of benzene rings is 9. The summed E-state index contributed by atoms with van der Waals surface area (Å²) in [6.45, 7) is 0. The molecule has 226 valence electrons. The third-order valence-electron chi connectivity index (χ3n) is 9.56. The second-order valence-corrected chi connectivity index (χ2v) is 12.3. The van der Waals surface area contributed by atoms with Crippen LogP contribution in [0.5, 0.6) is 0 Å². The standard InChI is InChI=1S/C46H28F2/c47-43-27-32-16-6-4-14-30(32)24-41(43)45-37-20-10-11-21-38(37)46(42-25-31-15-5-7-17-33(31)28-44(42)48)40-26-34(22-23-39(40)45)36-19-9-8-18-35(36)29-12-2-1-3-13-29/h1-28H. The zero-order chi connectivity index (χ0) is 32.2. The van der Waals surface area contributed by atoms with Crippen LogP contribution in [0.25, 0.3) is 87.6 Å². The van der Waals surface area contributed by atoms with E-state index >= 15 is 8.78 Å². The molecular formula is C46H28F2. The van der Waals surface area contributed by atoms with Gasteiger partial charge in [0.15, 0.2) is 0 Å². The molecule has 0 nitrogen and oxygen atoms in total. The van der Waals surface area contributed by atoms with Gasteiger partial charge in [0.05, 0.1) is 0 Å². The van der Waals surface area contributed by atoms with Crippen LogP contribution in [0.2, 0.25) is 0 Å². The van der Waals surface area contributed by atoms with Crippen molar-refractivity contribution in [2.45, 2.75) is 0 Å². The predicted molar refractivity (Wildman–Crippen MR) is 198 cm³/mol. The summed E-state index contributed by atoms with van der Waals surface area (Å²) in [4.78, 5) is 0. The van der Waals surface area contributed by atoms with Crippen LogP contribution in [0.3, 0.4) is 0 Å². The van der Waals surface area contributed by atoms with E-state index in [2.05, 4.69) is 48.5 Å². The average Bonchev–Trinajstić information content (AvgIpc) is 3.14. The number of fused-ring (bicyclic) bond motifs is 4. The van der Waals surface area contributed by atoms with Gasteiger partial charge in [-0.1, -0.05) is 140 Å². The fourth-order valence-corrected chi connectivity index (χ4v) is 7.34. The lowest BCUT2D eigenvalue weighted by atomic mass is 9.83. The van der Waals surface area contributed by atoms with Gasteiger partial charge in [-0.3, -0.25) is 0 Å². The molecule has 0 spiro atoms. The second kappa shape index (κ2) is 11.3. The Hall–Kier alpha value is -6.12. The Morgan fingerprint density at radius 1 is 0.271 bits per heavy atom. The van der Waals surface area contributed by atoms with Crippen molar-refractivity contribution in [2.75, 3.05) is 0 Å². The molecule has 0 bridgehead atoms. The maximum Gasteiger partial charge on any atom is 0.131 e. The van der Waals surface area contributed by atoms with Crippen molar-refractivity contribution in [2.24, 2.45) is 0 Å². The average molecular weight is 619 g/mol. The topological polar surface area (TPSA) is 0 Å². The van der Waals surface area contributed by atoms with E-state index in [0.29, 0.717) is 11.1 Å². The Bertz CT molecular complexity index is 2690. The molecule has 0 N–H and O–H groups in total. The van der Waals surface area contributed by atoms with E-state index in [4.69, 9.17) is 0 Å². The summed E-state index contributed by atoms with van der Waals surface area (Å²) in [6, 6.07) is 55.9. The lowest BCUT2D eigenvalue weighted by Crippen LogP contribution is -1.95. The van der Waals surface area contributed by atoms with Crippen molar-refractivity contribution in [3.63, 3.8) is 0 Å². The van der Waals surface area contributed by atoms with Crippen LogP contribution >= 0.6 is 0 Å². The highest BCUT2D eigenvalue weighted by atomic mass is 19.1. The minimum atomic E-state index is -0.292. The van der Waals surface area contributed by atoms with Gasteiger partial charge in [-0.15, -0.1) is 0 Å². The summed E-state index contributed by atoms with van der Waals surface area (Å²) in [7, 11) is 0. The molecule has 0 aliphatic carbocycles. The second-order valence-electron chi connectivity index (χ2n) is 12.3. The Kier molecular flexibility index (Phi) is 6.62. The lowest BCUT2D eigenvalue weighted by molar-refractivity contribution is 0.633. The molecular weight excluding hydrogens is 591 g/mol. The van der Waals surface area contributed by atoms with Crippen molar-refractivity contribution in [3.05, 3.63) is 181 Å². The summed E-state index contributed by atoms with van der Waals surface area (Å²) in [5.41, 5.74) is 6.95. The summed E-state index contributed by atoms with van der Waals surface area (Å²) in [5.74, 6) is -0.580. The number of hydrogen-bond donors (Lipinski definition) is 0. The van der Waals surface area contributed by atoms with Gasteiger partial charge in [-0.2, -0.15) is 0 Å². The van der Waals surface area contributed by atoms with Crippen molar-refractivity contribution in [1.82, 2.24) is 0 Å². The number of rotatable bonds is 4. The van der Waals surface area contributed by atoms with E-state index in [1.165, 1.54) is 0 Å². The maximum absolute atomic E-state index is 16.4. The molecule has 9 aromatic rings. The summed E-state index contributed by atoms with van der Waals surface area (Å²) < 4.78 is 32.6. The first kappa shape index (κ1) is 28.1. The van der Waals surface area contributed by atoms with Crippen LogP contribution < -0.4 is 0 Å². The maximum atomic E-state index is 16.4. The summed E-state index contributed by atoms with van der Waals surface area (Å²) >= 11 is 0. The van der Waals surface area contributed by atoms with E-state index < -0.39 is 0 Å². The molecule has 0 heterocycles. The molecule has 0 aliphatic heterocycles. The van der Waals surface area contributed by atoms with Crippen molar-refractivity contribution in [1.29, 1.82) is 0 Å².